The highest BCUT2D eigenvalue weighted by Gasteiger charge is 2.47. The van der Waals surface area contributed by atoms with Crippen LogP contribution in [0.5, 0.6) is 0 Å². The topological polar surface area (TPSA) is 114 Å². The number of rotatable bonds is 5. The lowest BCUT2D eigenvalue weighted by Gasteiger charge is -2.32. The Hall–Kier alpha value is -3.92. The third-order valence-electron chi connectivity index (χ3n) is 8.83. The number of carbonyl (C=O) groups is 1. The minimum absolute atomic E-state index is 0.0806. The molecule has 40 heavy (non-hydrogen) atoms. The number of carboxylic acids is 1. The summed E-state index contributed by atoms with van der Waals surface area (Å²) in [6.45, 7) is 1.46. The maximum atomic E-state index is 13.3. The number of fused-ring (bicyclic) bond motifs is 3. The van der Waals surface area contributed by atoms with Gasteiger partial charge in [0.1, 0.15) is 28.5 Å². The number of carboxylic acid groups (broad SMARTS) is 1. The molecule has 0 spiro atoms. The Balaban J connectivity index is 1.36. The smallest absolute Gasteiger partial charge is 0.416 e. The molecule has 2 heterocycles. The lowest BCUT2D eigenvalue weighted by molar-refractivity contribution is -0.145. The Morgan fingerprint density at radius 1 is 1.02 bits per heavy atom. The van der Waals surface area contributed by atoms with Crippen LogP contribution in [0, 0.1) is 17.8 Å². The van der Waals surface area contributed by atoms with E-state index in [1.54, 1.807) is 30.5 Å². The van der Waals surface area contributed by atoms with E-state index in [2.05, 4.69) is 4.98 Å². The molecule has 0 amide bonds. The molecule has 2 aliphatic rings. The van der Waals surface area contributed by atoms with Gasteiger partial charge in [-0.1, -0.05) is 36.4 Å². The number of aromatic nitrogens is 3. The Kier molecular flexibility index (Phi) is 6.14. The maximum Gasteiger partial charge on any atom is 0.416 e. The summed E-state index contributed by atoms with van der Waals surface area (Å²) in [5, 5.41) is 21.0. The van der Waals surface area contributed by atoms with E-state index in [1.807, 2.05) is 10.6 Å². The average Bonchev–Trinajstić information content (AvgIpc) is 3.44. The minimum Gasteiger partial charge on any atom is -0.481 e. The van der Waals surface area contributed by atoms with Crippen molar-refractivity contribution in [1.82, 2.24) is 14.4 Å². The molecule has 2 aromatic carbocycles. The number of halogens is 3. The van der Waals surface area contributed by atoms with Crippen molar-refractivity contribution in [2.45, 2.75) is 50.3 Å². The molecule has 0 radical (unpaired) electrons. The molecule has 5 atom stereocenters. The predicted octanol–water partition coefficient (Wildman–Crippen LogP) is 5.86. The van der Waals surface area contributed by atoms with Crippen molar-refractivity contribution in [2.75, 3.05) is 5.73 Å². The van der Waals surface area contributed by atoms with E-state index in [4.69, 9.17) is 10.7 Å². The normalized spacial score (nSPS) is 24.2. The number of aliphatic hydroxyl groups is 1. The second kappa shape index (κ2) is 9.33. The monoisotopic (exact) mass is 550 g/mol. The van der Waals surface area contributed by atoms with Crippen LogP contribution in [0.4, 0.5) is 19.0 Å². The number of aliphatic carboxylic acids is 1. The number of nitrogen functional groups attached to an aromatic ring is 1. The van der Waals surface area contributed by atoms with E-state index >= 15 is 0 Å². The SMILES string of the molecule is C[C@@](O)(c1ccc(-c2nc([C@H]3C[C@H]4CC[C@@H](C3)[C@H]4C(=O)O)n3ccnc(N)c23)cc1)c1cccc(C(F)(F)F)c1. The Morgan fingerprint density at radius 2 is 1.68 bits per heavy atom. The lowest BCUT2D eigenvalue weighted by atomic mass is 9.73. The van der Waals surface area contributed by atoms with Crippen LogP contribution in [0.25, 0.3) is 16.8 Å². The predicted molar refractivity (Wildman–Crippen MR) is 142 cm³/mol. The van der Waals surface area contributed by atoms with Crippen LogP contribution in [0.1, 0.15) is 61.0 Å². The molecule has 208 valence electrons. The molecule has 0 aliphatic heterocycles. The molecule has 2 saturated carbocycles. The standard InChI is InChI=1S/C30H29F3N4O3/c1-29(40,21-3-2-4-22(15-21)30(31,32)33)20-9-7-16(8-10-20)24-25-26(34)35-11-12-37(25)27(36-24)19-13-17-5-6-18(14-19)23(17)28(38)39/h2-4,7-12,15,17-19,23,40H,5-6,13-14H2,1H3,(H2,34,35)(H,38,39)/t17-,18+,19+,23+,29-/m1/s1. The largest absolute Gasteiger partial charge is 0.481 e. The minimum atomic E-state index is -4.52. The first-order chi connectivity index (χ1) is 18.9. The van der Waals surface area contributed by atoms with Gasteiger partial charge in [-0.05, 0) is 67.7 Å². The Morgan fingerprint density at radius 3 is 2.30 bits per heavy atom. The lowest BCUT2D eigenvalue weighted by Crippen LogP contribution is -2.31. The van der Waals surface area contributed by atoms with Crippen molar-refractivity contribution in [3.8, 4) is 11.3 Å². The molecule has 10 heteroatoms. The third-order valence-corrected chi connectivity index (χ3v) is 8.83. The summed E-state index contributed by atoms with van der Waals surface area (Å²) in [4.78, 5) is 21.1. The fourth-order valence-electron chi connectivity index (χ4n) is 6.84. The van der Waals surface area contributed by atoms with Crippen molar-refractivity contribution in [2.24, 2.45) is 17.8 Å². The second-order valence-corrected chi connectivity index (χ2v) is 11.2. The van der Waals surface area contributed by atoms with E-state index in [1.165, 1.54) is 19.1 Å². The summed E-state index contributed by atoms with van der Waals surface area (Å²) in [5.74, 6) is 0.428. The molecule has 0 unspecified atom stereocenters. The van der Waals surface area contributed by atoms with E-state index < -0.39 is 23.3 Å². The summed E-state index contributed by atoms with van der Waals surface area (Å²) in [6.07, 6.45) is 2.21. The van der Waals surface area contributed by atoms with Gasteiger partial charge in [0.25, 0.3) is 0 Å². The molecule has 4 aromatic rings. The maximum absolute atomic E-state index is 13.3. The van der Waals surface area contributed by atoms with Crippen molar-refractivity contribution in [3.05, 3.63) is 83.4 Å². The van der Waals surface area contributed by atoms with Gasteiger partial charge in [0.2, 0.25) is 0 Å². The highest BCUT2D eigenvalue weighted by Crippen LogP contribution is 2.52. The van der Waals surface area contributed by atoms with E-state index in [-0.39, 0.29) is 29.2 Å². The molecular formula is C30H29F3N4O3. The number of benzene rings is 2. The molecule has 2 aromatic heterocycles. The van der Waals surface area contributed by atoms with Gasteiger partial charge in [-0.15, -0.1) is 0 Å². The van der Waals surface area contributed by atoms with Gasteiger partial charge in [-0.2, -0.15) is 13.2 Å². The zero-order valence-electron chi connectivity index (χ0n) is 21.8. The first-order valence-electron chi connectivity index (χ1n) is 13.3. The van der Waals surface area contributed by atoms with Crippen molar-refractivity contribution in [3.63, 3.8) is 0 Å². The molecule has 7 nitrogen and oxygen atoms in total. The Labute approximate surface area is 228 Å². The van der Waals surface area contributed by atoms with E-state index in [0.29, 0.717) is 28.2 Å². The van der Waals surface area contributed by atoms with Crippen LogP contribution < -0.4 is 5.73 Å². The fraction of sp³-hybridized carbons (Fsp3) is 0.367. The van der Waals surface area contributed by atoms with Gasteiger partial charge in [0.15, 0.2) is 0 Å². The zero-order chi connectivity index (χ0) is 28.4. The molecule has 6 rings (SSSR count). The molecule has 2 aliphatic carbocycles. The molecule has 2 bridgehead atoms. The van der Waals surface area contributed by atoms with Crippen LogP contribution in [0.3, 0.4) is 0 Å². The zero-order valence-corrected chi connectivity index (χ0v) is 21.8. The van der Waals surface area contributed by atoms with Gasteiger partial charge in [-0.25, -0.2) is 9.97 Å². The van der Waals surface area contributed by atoms with Crippen LogP contribution in [0.2, 0.25) is 0 Å². The Bertz CT molecular complexity index is 1580. The van der Waals surface area contributed by atoms with Crippen LogP contribution >= 0.6 is 0 Å². The van der Waals surface area contributed by atoms with Gasteiger partial charge >= 0.3 is 12.1 Å². The number of hydrogen-bond acceptors (Lipinski definition) is 5. The molecule has 4 N–H and O–H groups in total. The first kappa shape index (κ1) is 26.3. The van der Waals surface area contributed by atoms with Gasteiger partial charge in [0.05, 0.1) is 11.5 Å². The van der Waals surface area contributed by atoms with Crippen molar-refractivity contribution < 1.29 is 28.2 Å². The van der Waals surface area contributed by atoms with Gasteiger partial charge in [-0.3, -0.25) is 9.20 Å². The first-order valence-corrected chi connectivity index (χ1v) is 13.3. The van der Waals surface area contributed by atoms with Crippen LogP contribution in [-0.2, 0) is 16.6 Å². The number of nitrogens with two attached hydrogens (primary N) is 1. The number of anilines is 1. The van der Waals surface area contributed by atoms with Crippen LogP contribution in [-0.4, -0.2) is 30.6 Å². The van der Waals surface area contributed by atoms with Crippen molar-refractivity contribution in [1.29, 1.82) is 0 Å². The number of imidazole rings is 1. The van der Waals surface area contributed by atoms with Crippen molar-refractivity contribution >= 4 is 17.3 Å². The number of alkyl halides is 3. The second-order valence-electron chi connectivity index (χ2n) is 11.2. The summed E-state index contributed by atoms with van der Waals surface area (Å²) >= 11 is 0. The highest BCUT2D eigenvalue weighted by molar-refractivity contribution is 5.85. The average molecular weight is 551 g/mol. The highest BCUT2D eigenvalue weighted by atomic mass is 19.4. The number of nitrogens with zero attached hydrogens (tertiary/aromatic N) is 3. The van der Waals surface area contributed by atoms with Gasteiger partial charge < -0.3 is 15.9 Å². The summed E-state index contributed by atoms with van der Waals surface area (Å²) in [7, 11) is 0. The van der Waals surface area contributed by atoms with E-state index in [0.717, 1.165) is 43.6 Å². The van der Waals surface area contributed by atoms with Crippen LogP contribution in [0.15, 0.2) is 60.9 Å². The van der Waals surface area contributed by atoms with Gasteiger partial charge in [0, 0.05) is 23.9 Å². The summed E-state index contributed by atoms with van der Waals surface area (Å²) in [5.41, 5.74) is 6.34. The fourth-order valence-corrected chi connectivity index (χ4v) is 6.84. The number of hydrogen-bond donors (Lipinski definition) is 3. The van der Waals surface area contributed by atoms with E-state index in [9.17, 15) is 28.2 Å². The molecule has 0 saturated heterocycles. The summed E-state index contributed by atoms with van der Waals surface area (Å²) < 4.78 is 41.7. The molecule has 2 fully saturated rings. The quantitative estimate of drug-likeness (QED) is 0.287. The molecular weight excluding hydrogens is 521 g/mol. The third kappa shape index (κ3) is 4.30. The summed E-state index contributed by atoms with van der Waals surface area (Å²) in [6, 6.07) is 11.6.